The Labute approximate surface area is 269 Å². The van der Waals surface area contributed by atoms with Crippen molar-refractivity contribution in [1.29, 1.82) is 0 Å². The fourth-order valence-corrected chi connectivity index (χ4v) is 6.54. The minimum Gasteiger partial charge on any atom is -0.385 e. The van der Waals surface area contributed by atoms with E-state index in [-0.39, 0.29) is 19.8 Å². The van der Waals surface area contributed by atoms with E-state index in [0.717, 1.165) is 96.6 Å². The van der Waals surface area contributed by atoms with Gasteiger partial charge in [-0.3, -0.25) is 0 Å². The molecule has 0 spiro atoms. The molecular weight excluding hydrogens is 590 g/mol. The molecule has 5 rings (SSSR count). The van der Waals surface area contributed by atoms with Gasteiger partial charge in [0, 0.05) is 49.5 Å². The Balaban J connectivity index is 0.00000423. The van der Waals surface area contributed by atoms with E-state index in [1.54, 1.807) is 14.2 Å². The van der Waals surface area contributed by atoms with E-state index in [4.69, 9.17) is 19.4 Å². The minimum atomic E-state index is 0. The molecule has 0 atom stereocenters. The molecule has 3 aromatic rings. The van der Waals surface area contributed by atoms with Crippen LogP contribution in [0.15, 0.2) is 24.3 Å². The Kier molecular flexibility index (Phi) is 11.0. The second-order valence-electron chi connectivity index (χ2n) is 11.6. The monoisotopic (exact) mass is 635 g/mol. The fraction of sp³-hybridized carbons (Fsp3) is 0.444. The van der Waals surface area contributed by atoms with Gasteiger partial charge in [-0.05, 0) is 135 Å². The van der Waals surface area contributed by atoms with Crippen LogP contribution in [0.3, 0.4) is 0 Å². The van der Waals surface area contributed by atoms with E-state index in [0.29, 0.717) is 0 Å². The van der Waals surface area contributed by atoms with Crippen LogP contribution in [0.2, 0.25) is 0 Å². The van der Waals surface area contributed by atoms with Gasteiger partial charge in [-0.25, -0.2) is 9.97 Å². The third-order valence-electron chi connectivity index (χ3n) is 9.06. The number of nitrogens with zero attached hydrogens (tertiary/aromatic N) is 2. The molecule has 0 aliphatic carbocycles. The summed E-state index contributed by atoms with van der Waals surface area (Å²) < 4.78 is 10.8. The normalized spacial score (nSPS) is 13.2. The molecule has 0 saturated heterocycles. The molecule has 0 unspecified atom stereocenters. The number of aryl methyl sites for hydroxylation is 4. The Morgan fingerprint density at radius 1 is 0.581 bits per heavy atom. The molecule has 2 aliphatic heterocycles. The molecule has 3 aromatic heterocycles. The second kappa shape index (κ2) is 14.3. The average Bonchev–Trinajstić information content (AvgIpc) is 3.63. The maximum atomic E-state index is 5.41. The van der Waals surface area contributed by atoms with E-state index >= 15 is 0 Å². The molecule has 2 N–H and O–H groups in total. The van der Waals surface area contributed by atoms with Crippen molar-refractivity contribution >= 4 is 64.1 Å². The van der Waals surface area contributed by atoms with Crippen molar-refractivity contribution in [2.75, 3.05) is 27.4 Å². The second-order valence-corrected chi connectivity index (χ2v) is 11.6. The van der Waals surface area contributed by atoms with Crippen LogP contribution < -0.4 is 0 Å². The van der Waals surface area contributed by atoms with Gasteiger partial charge >= 0.3 is 19.8 Å². The first kappa shape index (κ1) is 33.1. The third kappa shape index (κ3) is 6.51. The molecule has 0 fully saturated rings. The summed E-state index contributed by atoms with van der Waals surface area (Å²) >= 11 is 0. The summed E-state index contributed by atoms with van der Waals surface area (Å²) in [6, 6.07) is 8.98. The zero-order valence-corrected chi connectivity index (χ0v) is 29.7. The van der Waals surface area contributed by atoms with Crippen molar-refractivity contribution in [2.24, 2.45) is 0 Å². The van der Waals surface area contributed by atoms with Crippen LogP contribution in [0.5, 0.6) is 0 Å². The van der Waals surface area contributed by atoms with Crippen molar-refractivity contribution < 1.29 is 9.47 Å². The molecule has 43 heavy (non-hydrogen) atoms. The van der Waals surface area contributed by atoms with Crippen LogP contribution in [0, 0.1) is 13.8 Å². The maximum absolute atomic E-state index is 5.41. The summed E-state index contributed by atoms with van der Waals surface area (Å²) in [6.07, 6.45) is 5.65. The Morgan fingerprint density at radius 2 is 1.00 bits per heavy atom. The summed E-state index contributed by atoms with van der Waals surface area (Å²) in [4.78, 5) is 18.0. The maximum Gasteiger partial charge on any atom is 3.00 e. The van der Waals surface area contributed by atoms with Crippen LogP contribution >= 0.6 is 0 Å². The summed E-state index contributed by atoms with van der Waals surface area (Å²) in [7, 11) is 3.53. The van der Waals surface area contributed by atoms with Crippen LogP contribution in [0.25, 0.3) is 44.4 Å². The average molecular weight is 637 g/mol. The molecule has 7 heteroatoms. The number of ether oxygens (including phenoxy) is 2. The molecule has 222 valence electrons. The first-order valence-electron chi connectivity index (χ1n) is 15.4. The topological polar surface area (TPSA) is 75.8 Å². The molecular formula is C36H46GaN4O2+3. The number of hydrogen-bond acceptors (Lipinski definition) is 4. The summed E-state index contributed by atoms with van der Waals surface area (Å²) in [5, 5.41) is 0. The standard InChI is InChI=1S/C36H46N4O2.Ga/c1-9-25-21(3)29-17-31-23(5)27(13-11-15-41-7)35(39-31)20-36-28(14-12-16-42-8)24(6)32(40-36)18-30-22(4)26(10-2)34(38-30)19-33(25)37-29;/h17-20,37-38H,9-16H2,1-8H3;/q;+3. The van der Waals surface area contributed by atoms with Crippen molar-refractivity contribution in [3.63, 3.8) is 0 Å². The van der Waals surface area contributed by atoms with Gasteiger partial charge in [0.15, 0.2) is 0 Å². The number of methoxy groups -OCH3 is 2. The van der Waals surface area contributed by atoms with Crippen LogP contribution in [-0.2, 0) is 22.3 Å². The van der Waals surface area contributed by atoms with E-state index < -0.39 is 0 Å². The van der Waals surface area contributed by atoms with E-state index in [1.807, 2.05) is 0 Å². The number of hydrogen-bond donors (Lipinski definition) is 2. The van der Waals surface area contributed by atoms with E-state index in [1.165, 1.54) is 44.5 Å². The van der Waals surface area contributed by atoms with Crippen LogP contribution in [0.1, 0.15) is 98.4 Å². The van der Waals surface area contributed by atoms with Gasteiger partial charge < -0.3 is 19.4 Å². The van der Waals surface area contributed by atoms with Gasteiger partial charge in [0.2, 0.25) is 0 Å². The first-order valence-corrected chi connectivity index (χ1v) is 15.4. The van der Waals surface area contributed by atoms with E-state index in [2.05, 4.69) is 75.8 Å². The number of fused-ring (bicyclic) bond motifs is 8. The zero-order valence-electron chi connectivity index (χ0n) is 27.3. The van der Waals surface area contributed by atoms with Crippen molar-refractivity contribution in [1.82, 2.24) is 19.9 Å². The zero-order chi connectivity index (χ0) is 30.0. The van der Waals surface area contributed by atoms with Gasteiger partial charge in [0.1, 0.15) is 0 Å². The first-order chi connectivity index (χ1) is 20.3. The molecule has 0 saturated carbocycles. The molecule has 0 radical (unpaired) electrons. The molecule has 5 heterocycles. The number of rotatable bonds is 10. The Bertz CT molecular complexity index is 1600. The summed E-state index contributed by atoms with van der Waals surface area (Å²) in [6.45, 7) is 14.8. The Hall–Kier alpha value is -2.84. The van der Waals surface area contributed by atoms with Gasteiger partial charge in [-0.15, -0.1) is 0 Å². The van der Waals surface area contributed by atoms with Crippen molar-refractivity contribution in [2.45, 2.75) is 80.1 Å². The number of nitrogens with one attached hydrogen (secondary N) is 2. The SMILES string of the molecule is CCc1c(C)c2cc3nc(cc4nc(cc5[nH]c(cc1[nH]2)c(CC)c5C)C(C)=C4CCCOC)C(CCCOC)=C3C.[Ga+3]. The smallest absolute Gasteiger partial charge is 0.385 e. The molecule has 8 bridgehead atoms. The Morgan fingerprint density at radius 3 is 1.37 bits per heavy atom. The van der Waals surface area contributed by atoms with Gasteiger partial charge in [0.25, 0.3) is 0 Å². The van der Waals surface area contributed by atoms with Crippen molar-refractivity contribution in [3.8, 4) is 0 Å². The molecule has 2 aliphatic rings. The molecule has 0 aromatic carbocycles. The van der Waals surface area contributed by atoms with E-state index in [9.17, 15) is 0 Å². The fourth-order valence-electron chi connectivity index (χ4n) is 6.54. The predicted octanol–water partition coefficient (Wildman–Crippen LogP) is 8.39. The van der Waals surface area contributed by atoms with Crippen molar-refractivity contribution in [3.05, 3.63) is 69.3 Å². The van der Waals surface area contributed by atoms with Gasteiger partial charge in [-0.2, -0.15) is 0 Å². The predicted molar refractivity (Wildman–Crippen MR) is 182 cm³/mol. The summed E-state index contributed by atoms with van der Waals surface area (Å²) in [5.41, 5.74) is 18.9. The number of aromatic nitrogens is 4. The summed E-state index contributed by atoms with van der Waals surface area (Å²) in [5.74, 6) is 0. The molecule has 0 amide bonds. The number of aromatic amines is 2. The largest absolute Gasteiger partial charge is 3.00 e. The van der Waals surface area contributed by atoms with Crippen LogP contribution in [-0.4, -0.2) is 67.2 Å². The minimum absolute atomic E-state index is 0. The number of allylic oxidation sites excluding steroid dienone is 4. The third-order valence-corrected chi connectivity index (χ3v) is 9.06. The van der Waals surface area contributed by atoms with Crippen LogP contribution in [0.4, 0.5) is 0 Å². The van der Waals surface area contributed by atoms with Gasteiger partial charge in [-0.1, -0.05) is 13.8 Å². The number of H-pyrrole nitrogens is 2. The van der Waals surface area contributed by atoms with Gasteiger partial charge in [0.05, 0.1) is 22.8 Å². The molecule has 6 nitrogen and oxygen atoms in total. The quantitative estimate of drug-likeness (QED) is 0.173.